The van der Waals surface area contributed by atoms with Crippen LogP contribution in [0.25, 0.3) is 0 Å². The molecule has 0 bridgehead atoms. The molecule has 2 rings (SSSR count). The average Bonchev–Trinajstić information content (AvgIpc) is 2.56. The number of esters is 1. The third kappa shape index (κ3) is 3.68. The first-order chi connectivity index (χ1) is 12.3. The van der Waals surface area contributed by atoms with Gasteiger partial charge in [0.25, 0.3) is 0 Å². The molecule has 140 valence electrons. The molecule has 0 fully saturated rings. The van der Waals surface area contributed by atoms with Crippen LogP contribution in [0.15, 0.2) is 23.4 Å². The zero-order valence-corrected chi connectivity index (χ0v) is 14.5. The van der Waals surface area contributed by atoms with Crippen molar-refractivity contribution in [2.24, 2.45) is 0 Å². The molecule has 0 spiro atoms. The third-order valence-electron chi connectivity index (χ3n) is 3.67. The van der Waals surface area contributed by atoms with Crippen LogP contribution in [0.3, 0.4) is 0 Å². The van der Waals surface area contributed by atoms with Crippen molar-refractivity contribution < 1.29 is 29.1 Å². The lowest BCUT2D eigenvalue weighted by Crippen LogP contribution is -2.45. The Morgan fingerprint density at radius 3 is 2.62 bits per heavy atom. The molecule has 1 aliphatic heterocycles. The molecule has 0 aromatic heterocycles. The maximum atomic E-state index is 12.3. The predicted octanol–water partition coefficient (Wildman–Crippen LogP) is 1.89. The Hall–Kier alpha value is -3.30. The van der Waals surface area contributed by atoms with E-state index in [1.54, 1.807) is 13.8 Å². The summed E-state index contributed by atoms with van der Waals surface area (Å²) in [5, 5.41) is 26.3. The minimum Gasteiger partial charge on any atom is -0.500 e. The van der Waals surface area contributed by atoms with E-state index in [0.29, 0.717) is 0 Å². The standard InChI is InChI=1S/C16H19N3O7/c1-4-25-11-7-9(6-10(14(11)20)19(23)24)13-12(15(21)26-5-2)8(3)17-16(22)18-13/h6-7,13,20H,4-5H2,1-3H3,(H2,17,18,22). The largest absolute Gasteiger partial charge is 0.500 e. The van der Waals surface area contributed by atoms with Gasteiger partial charge in [-0.25, -0.2) is 9.59 Å². The van der Waals surface area contributed by atoms with Gasteiger partial charge in [-0.3, -0.25) is 10.1 Å². The molecule has 2 amide bonds. The van der Waals surface area contributed by atoms with Crippen molar-refractivity contribution in [3.63, 3.8) is 0 Å². The van der Waals surface area contributed by atoms with Crippen molar-refractivity contribution in [2.45, 2.75) is 26.8 Å². The molecule has 0 aliphatic carbocycles. The molecule has 0 radical (unpaired) electrons. The van der Waals surface area contributed by atoms with Crippen molar-refractivity contribution in [3.8, 4) is 11.5 Å². The summed E-state index contributed by atoms with van der Waals surface area (Å²) >= 11 is 0. The smallest absolute Gasteiger partial charge is 0.338 e. The number of nitro benzene ring substituents is 1. The number of nitro groups is 1. The first-order valence-electron chi connectivity index (χ1n) is 7.89. The number of carbonyl (C=O) groups is 2. The summed E-state index contributed by atoms with van der Waals surface area (Å²) in [6.07, 6.45) is 0. The number of phenolic OH excluding ortho intramolecular Hbond substituents is 1. The summed E-state index contributed by atoms with van der Waals surface area (Å²) in [5.74, 6) is -1.42. The molecular formula is C16H19N3O7. The van der Waals surface area contributed by atoms with Crippen molar-refractivity contribution in [3.05, 3.63) is 39.1 Å². The number of ether oxygens (including phenoxy) is 2. The van der Waals surface area contributed by atoms with Crippen molar-refractivity contribution in [2.75, 3.05) is 13.2 Å². The van der Waals surface area contributed by atoms with Gasteiger partial charge in [0.15, 0.2) is 5.75 Å². The summed E-state index contributed by atoms with van der Waals surface area (Å²) in [7, 11) is 0. The van der Waals surface area contributed by atoms with Crippen LogP contribution in [0, 0.1) is 10.1 Å². The summed E-state index contributed by atoms with van der Waals surface area (Å²) in [6, 6.07) is 0.852. The van der Waals surface area contributed by atoms with E-state index in [0.717, 1.165) is 6.07 Å². The van der Waals surface area contributed by atoms with Gasteiger partial charge in [-0.15, -0.1) is 0 Å². The van der Waals surface area contributed by atoms with E-state index in [-0.39, 0.29) is 35.8 Å². The minimum atomic E-state index is -0.999. The number of phenols is 1. The summed E-state index contributed by atoms with van der Waals surface area (Å²) < 4.78 is 10.3. The Labute approximate surface area is 148 Å². The lowest BCUT2D eigenvalue weighted by molar-refractivity contribution is -0.386. The lowest BCUT2D eigenvalue weighted by Gasteiger charge is -2.28. The molecule has 1 unspecified atom stereocenters. The topological polar surface area (TPSA) is 140 Å². The number of hydrogen-bond acceptors (Lipinski definition) is 7. The van der Waals surface area contributed by atoms with Crippen LogP contribution in [0.5, 0.6) is 11.5 Å². The number of hydrogen-bond donors (Lipinski definition) is 3. The minimum absolute atomic E-state index is 0.105. The van der Waals surface area contributed by atoms with Gasteiger partial charge in [-0.2, -0.15) is 0 Å². The highest BCUT2D eigenvalue weighted by atomic mass is 16.6. The van der Waals surface area contributed by atoms with E-state index < -0.39 is 34.4 Å². The first-order valence-corrected chi connectivity index (χ1v) is 7.89. The molecule has 10 nitrogen and oxygen atoms in total. The van der Waals surface area contributed by atoms with Crippen molar-refractivity contribution in [1.29, 1.82) is 0 Å². The van der Waals surface area contributed by atoms with Crippen molar-refractivity contribution in [1.82, 2.24) is 10.6 Å². The van der Waals surface area contributed by atoms with Gasteiger partial charge >= 0.3 is 17.7 Å². The summed E-state index contributed by atoms with van der Waals surface area (Å²) in [5.41, 5.74) is -0.0189. The number of nitrogens with one attached hydrogen (secondary N) is 2. The molecule has 10 heteroatoms. The molecule has 1 aliphatic rings. The SMILES string of the molecule is CCOC(=O)C1=C(C)NC(=O)NC1c1cc(OCC)c(O)c([N+](=O)[O-])c1. The number of carbonyl (C=O) groups excluding carboxylic acids is 2. The second-order valence-corrected chi connectivity index (χ2v) is 5.37. The molecule has 1 aromatic rings. The highest BCUT2D eigenvalue weighted by Crippen LogP contribution is 2.40. The number of amides is 2. The molecule has 26 heavy (non-hydrogen) atoms. The van der Waals surface area contributed by atoms with Gasteiger partial charge in [0.1, 0.15) is 0 Å². The Kier molecular flexibility index (Phi) is 5.65. The normalized spacial score (nSPS) is 16.6. The number of allylic oxidation sites excluding steroid dienone is 1. The maximum absolute atomic E-state index is 12.3. The van der Waals surface area contributed by atoms with E-state index in [1.807, 2.05) is 0 Å². The zero-order chi connectivity index (χ0) is 19.4. The molecule has 0 saturated carbocycles. The molecular weight excluding hydrogens is 346 g/mol. The first kappa shape index (κ1) is 19.0. The molecule has 3 N–H and O–H groups in total. The molecule has 0 saturated heterocycles. The van der Waals surface area contributed by atoms with Gasteiger partial charge in [0.2, 0.25) is 5.75 Å². The maximum Gasteiger partial charge on any atom is 0.338 e. The number of benzene rings is 1. The Morgan fingerprint density at radius 1 is 1.35 bits per heavy atom. The molecule has 1 aromatic carbocycles. The van der Waals surface area contributed by atoms with Crippen LogP contribution in [0.1, 0.15) is 32.4 Å². The van der Waals surface area contributed by atoms with Gasteiger partial charge < -0.3 is 25.2 Å². The predicted molar refractivity (Wildman–Crippen MR) is 89.7 cm³/mol. The fraction of sp³-hybridized carbons (Fsp3) is 0.375. The number of urea groups is 1. The fourth-order valence-electron chi connectivity index (χ4n) is 2.61. The lowest BCUT2D eigenvalue weighted by atomic mass is 9.94. The Morgan fingerprint density at radius 2 is 2.04 bits per heavy atom. The second-order valence-electron chi connectivity index (χ2n) is 5.37. The zero-order valence-electron chi connectivity index (χ0n) is 14.5. The number of aromatic hydroxyl groups is 1. The van der Waals surface area contributed by atoms with Crippen LogP contribution in [0.2, 0.25) is 0 Å². The summed E-state index contributed by atoms with van der Waals surface area (Å²) in [4.78, 5) is 34.6. The quantitative estimate of drug-likeness (QED) is 0.397. The number of nitrogens with zero attached hydrogens (tertiary/aromatic N) is 1. The Bertz CT molecular complexity index is 788. The average molecular weight is 365 g/mol. The van der Waals surface area contributed by atoms with Crippen molar-refractivity contribution >= 4 is 17.7 Å². The second kappa shape index (κ2) is 7.72. The monoisotopic (exact) mass is 365 g/mol. The molecule has 1 atom stereocenters. The van der Waals surface area contributed by atoms with Gasteiger partial charge in [-0.05, 0) is 32.4 Å². The van der Waals surface area contributed by atoms with Crippen LogP contribution in [-0.2, 0) is 9.53 Å². The highest BCUT2D eigenvalue weighted by Gasteiger charge is 2.34. The van der Waals surface area contributed by atoms with Crippen LogP contribution >= 0.6 is 0 Å². The van der Waals surface area contributed by atoms with Crippen LogP contribution < -0.4 is 15.4 Å². The third-order valence-corrected chi connectivity index (χ3v) is 3.67. The van der Waals surface area contributed by atoms with E-state index in [4.69, 9.17) is 9.47 Å². The van der Waals surface area contributed by atoms with Gasteiger partial charge in [0, 0.05) is 11.8 Å². The van der Waals surface area contributed by atoms with E-state index in [1.165, 1.54) is 13.0 Å². The van der Waals surface area contributed by atoms with Crippen LogP contribution in [0.4, 0.5) is 10.5 Å². The van der Waals surface area contributed by atoms with Crippen LogP contribution in [-0.4, -0.2) is 35.2 Å². The van der Waals surface area contributed by atoms with E-state index >= 15 is 0 Å². The molecule has 1 heterocycles. The summed E-state index contributed by atoms with van der Waals surface area (Å²) in [6.45, 7) is 5.09. The van der Waals surface area contributed by atoms with E-state index in [9.17, 15) is 24.8 Å². The number of rotatable bonds is 6. The van der Waals surface area contributed by atoms with E-state index in [2.05, 4.69) is 10.6 Å². The van der Waals surface area contributed by atoms with Gasteiger partial charge in [0.05, 0.1) is 29.8 Å². The van der Waals surface area contributed by atoms with Gasteiger partial charge in [-0.1, -0.05) is 0 Å². The highest BCUT2D eigenvalue weighted by molar-refractivity contribution is 5.95. The fourth-order valence-corrected chi connectivity index (χ4v) is 2.61. The Balaban J connectivity index is 2.62.